The van der Waals surface area contributed by atoms with Gasteiger partial charge in [-0.15, -0.1) is 0 Å². The largest absolute Gasteiger partial charge is 2.00 e. The van der Waals surface area contributed by atoms with Crippen molar-refractivity contribution in [2.75, 3.05) is 0 Å². The topological polar surface area (TPSA) is 295 Å². The van der Waals surface area contributed by atoms with Gasteiger partial charge in [0.25, 0.3) is 0 Å². The van der Waals surface area contributed by atoms with Crippen LogP contribution in [0.25, 0.3) is 67.8 Å². The summed E-state index contributed by atoms with van der Waals surface area (Å²) in [6.07, 6.45) is 7.07. The molecule has 0 radical (unpaired) electrons. The number of carboxylic acid groups (broad SMARTS) is 4. The second-order valence-corrected chi connectivity index (χ2v) is 15.0. The van der Waals surface area contributed by atoms with Gasteiger partial charge in [-0.25, -0.2) is 19.6 Å². The van der Waals surface area contributed by atoms with E-state index in [1.165, 1.54) is 24.3 Å². The predicted octanol–water partition coefficient (Wildman–Crippen LogP) is 1.60. The van der Waals surface area contributed by atoms with Crippen LogP contribution in [0.5, 0.6) is 0 Å². The Morgan fingerprint density at radius 3 is 0.718 bits per heavy atom. The summed E-state index contributed by atoms with van der Waals surface area (Å²) in [4.78, 5) is 70.6. The molecule has 10 rings (SSSR count). The van der Waals surface area contributed by atoms with Crippen LogP contribution in [0.2, 0.25) is 0 Å². The molecule has 384 valence electrons. The molecule has 20 heteroatoms. The van der Waals surface area contributed by atoms with Gasteiger partial charge in [-0.05, 0) is 107 Å². The number of carbonyl (C=O) groups excluding carboxylic acids is 2. The summed E-state index contributed by atoms with van der Waals surface area (Å²) in [6.45, 7) is 0. The number of benzene rings is 4. The van der Waals surface area contributed by atoms with E-state index in [1.807, 2.05) is 109 Å². The molecule has 0 spiro atoms. The minimum Gasteiger partial charge on any atom is -1.00 e. The van der Waals surface area contributed by atoms with Gasteiger partial charge in [-0.1, -0.05) is 121 Å². The van der Waals surface area contributed by atoms with Gasteiger partial charge in [0.05, 0.1) is 68.6 Å². The van der Waals surface area contributed by atoms with Crippen LogP contribution in [0.4, 0.5) is 0 Å². The number of carboxylic acids is 4. The molecule has 4 aromatic carbocycles. The third-order valence-electron chi connectivity index (χ3n) is 10.4. The third kappa shape index (κ3) is 18.6. The molecular weight excluding hydrogens is 1240 g/mol. The minimum absolute atomic E-state index is 0. The maximum Gasteiger partial charge on any atom is 2.00 e. The van der Waals surface area contributed by atoms with Crippen LogP contribution in [0.1, 0.15) is 41.4 Å². The SMILES string of the molecule is O.O.O=C([O-])c1ccccc1-c1ccccc1C(=O)O.O=C([O-])c1ccccc1-c1ccccc1C(=O)O.[Cd+2].[Cd+2].[Cl-].[Cl-].c1ccc(-c2cccc(-c3ccccn3)n2)nc1.c1ccc(-c2cccc(-c3ccccn3)n2)nc1. The van der Waals surface area contributed by atoms with Crippen molar-refractivity contribution in [1.29, 1.82) is 0 Å². The normalized spacial score (nSPS) is 9.33. The first kappa shape index (κ1) is 68.0. The van der Waals surface area contributed by atoms with Crippen LogP contribution >= 0.6 is 0 Å². The first-order valence-electron chi connectivity index (χ1n) is 21.9. The summed E-state index contributed by atoms with van der Waals surface area (Å²) >= 11 is 0. The molecule has 16 nitrogen and oxygen atoms in total. The first-order chi connectivity index (χ1) is 35.1. The number of aromatic carboxylic acids is 4. The quantitative estimate of drug-likeness (QED) is 0.184. The number of pyridine rings is 6. The van der Waals surface area contributed by atoms with Gasteiger partial charge < -0.3 is 65.8 Å². The third-order valence-corrected chi connectivity index (χ3v) is 10.4. The minimum atomic E-state index is -1.33. The van der Waals surface area contributed by atoms with E-state index < -0.39 is 23.9 Å². The molecule has 0 unspecified atom stereocenters. The van der Waals surface area contributed by atoms with Crippen LogP contribution in [0.3, 0.4) is 0 Å². The number of halogens is 2. The van der Waals surface area contributed by atoms with E-state index in [-0.39, 0.29) is 113 Å². The maximum atomic E-state index is 11.1. The van der Waals surface area contributed by atoms with Crippen LogP contribution in [0.15, 0.2) is 231 Å². The van der Waals surface area contributed by atoms with Crippen molar-refractivity contribution in [2.24, 2.45) is 0 Å². The van der Waals surface area contributed by atoms with E-state index in [0.29, 0.717) is 22.3 Å². The average Bonchev–Trinajstić information content (AvgIpc) is 3.44. The molecule has 6 N–H and O–H groups in total. The molecule has 0 amide bonds. The van der Waals surface area contributed by atoms with E-state index in [2.05, 4.69) is 29.9 Å². The molecule has 0 aliphatic rings. The smallest absolute Gasteiger partial charge is 1.00 e. The van der Waals surface area contributed by atoms with Gasteiger partial charge in [0, 0.05) is 35.9 Å². The maximum absolute atomic E-state index is 11.1. The predicted molar refractivity (Wildman–Crippen MR) is 275 cm³/mol. The number of hydrogen-bond donors (Lipinski definition) is 2. The van der Waals surface area contributed by atoms with E-state index in [0.717, 1.165) is 45.6 Å². The Balaban J connectivity index is 0.000000507. The van der Waals surface area contributed by atoms with Crippen molar-refractivity contribution in [3.8, 4) is 67.8 Å². The Labute approximate surface area is 500 Å². The molecule has 6 heterocycles. The van der Waals surface area contributed by atoms with Crippen molar-refractivity contribution in [3.05, 3.63) is 253 Å². The first-order valence-corrected chi connectivity index (χ1v) is 21.9. The second kappa shape index (κ2) is 34.6. The van der Waals surface area contributed by atoms with E-state index in [1.54, 1.807) is 97.6 Å². The molecule has 0 bridgehead atoms. The van der Waals surface area contributed by atoms with Gasteiger partial charge in [0.1, 0.15) is 0 Å². The fourth-order valence-corrected chi connectivity index (χ4v) is 7.10. The van der Waals surface area contributed by atoms with Gasteiger partial charge in [-0.3, -0.25) is 19.9 Å². The number of carbonyl (C=O) groups is 4. The zero-order chi connectivity index (χ0) is 50.7. The van der Waals surface area contributed by atoms with E-state index >= 15 is 0 Å². The average molecular weight is 1280 g/mol. The second-order valence-electron chi connectivity index (χ2n) is 15.0. The summed E-state index contributed by atoms with van der Waals surface area (Å²) in [5, 5.41) is 40.2. The van der Waals surface area contributed by atoms with Crippen LogP contribution in [0, 0.1) is 0 Å². The summed E-state index contributed by atoms with van der Waals surface area (Å²) in [7, 11) is 0. The van der Waals surface area contributed by atoms with Crippen molar-refractivity contribution >= 4 is 23.9 Å². The molecule has 0 atom stereocenters. The molecular formula is C58H44Cd2Cl2N6O10. The number of aromatic nitrogens is 6. The summed E-state index contributed by atoms with van der Waals surface area (Å²) < 4.78 is 0. The summed E-state index contributed by atoms with van der Waals surface area (Å²) in [6, 6.07) is 59.8. The molecule has 0 aliphatic heterocycles. The molecule has 10 aromatic rings. The van der Waals surface area contributed by atoms with Gasteiger partial charge in [0.2, 0.25) is 0 Å². The van der Waals surface area contributed by atoms with Crippen molar-refractivity contribution in [3.63, 3.8) is 0 Å². The number of rotatable bonds is 10. The Hall–Kier alpha value is -8.00. The summed E-state index contributed by atoms with van der Waals surface area (Å²) in [5.41, 5.74) is 8.42. The standard InChI is InChI=1S/2C15H11N3.2C14H10O4.2Cd.2ClH.2H2O/c2*1-3-10-16-12(6-1)14-8-5-9-15(18-14)13-7-2-4-11-17-13;2*15-13(16)11-7-3-1-5-9(11)10-6-2-4-8-12(10)14(17)18;;;;;;/h2*1-11H;2*1-8H,(H,15,16)(H,17,18);;;2*1H;2*1H2/q;;;;2*+2;;;;/p-4. The molecule has 0 fully saturated rings. The Morgan fingerprint density at radius 1 is 0.295 bits per heavy atom. The fourth-order valence-electron chi connectivity index (χ4n) is 7.10. The summed E-state index contributed by atoms with van der Waals surface area (Å²) in [5.74, 6) is -4.85. The fraction of sp³-hybridized carbons (Fsp3) is 0. The Kier molecular flexibility index (Phi) is 30.2. The Morgan fingerprint density at radius 2 is 0.500 bits per heavy atom. The zero-order valence-electron chi connectivity index (χ0n) is 41.1. The molecule has 0 saturated heterocycles. The molecule has 0 aliphatic carbocycles. The van der Waals surface area contributed by atoms with Gasteiger partial charge in [-0.2, -0.15) is 0 Å². The number of hydrogen-bond acceptors (Lipinski definition) is 12. The van der Waals surface area contributed by atoms with Crippen molar-refractivity contribution in [2.45, 2.75) is 0 Å². The number of nitrogens with zero attached hydrogens (tertiary/aromatic N) is 6. The van der Waals surface area contributed by atoms with Crippen LogP contribution in [-0.4, -0.2) is 74.9 Å². The van der Waals surface area contributed by atoms with E-state index in [9.17, 15) is 29.4 Å². The molecule has 0 saturated carbocycles. The molecule has 78 heavy (non-hydrogen) atoms. The van der Waals surface area contributed by atoms with Crippen molar-refractivity contribution in [1.82, 2.24) is 29.9 Å². The van der Waals surface area contributed by atoms with Gasteiger partial charge in [0.15, 0.2) is 0 Å². The van der Waals surface area contributed by atoms with Crippen LogP contribution in [-0.2, 0) is 54.6 Å². The monoisotopic (exact) mass is 1280 g/mol. The zero-order valence-corrected chi connectivity index (χ0v) is 50.7. The van der Waals surface area contributed by atoms with E-state index in [4.69, 9.17) is 10.2 Å². The van der Waals surface area contributed by atoms with Crippen molar-refractivity contribution < 1.29 is 130 Å². The van der Waals surface area contributed by atoms with Gasteiger partial charge >= 0.3 is 66.5 Å². The molecule has 6 aromatic heterocycles. The Bertz CT molecular complexity index is 3020. The van der Waals surface area contributed by atoms with Crippen LogP contribution < -0.4 is 35.0 Å².